The van der Waals surface area contributed by atoms with E-state index in [0.29, 0.717) is 30.5 Å². The zero-order valence-electron chi connectivity index (χ0n) is 13.8. The van der Waals surface area contributed by atoms with E-state index in [1.165, 1.54) is 0 Å². The van der Waals surface area contributed by atoms with Crippen LogP contribution < -0.4 is 24.8 Å². The van der Waals surface area contributed by atoms with Crippen LogP contribution in [0.4, 0.5) is 4.79 Å². The number of carbonyl (C=O) groups excluding carboxylic acids is 1. The molecule has 0 saturated carbocycles. The van der Waals surface area contributed by atoms with Crippen LogP contribution >= 0.6 is 11.6 Å². The van der Waals surface area contributed by atoms with Crippen LogP contribution in [-0.2, 0) is 6.54 Å². The van der Waals surface area contributed by atoms with Gasteiger partial charge in [-0.3, -0.25) is 0 Å². The first-order valence-corrected chi connectivity index (χ1v) is 8.29. The van der Waals surface area contributed by atoms with E-state index in [2.05, 4.69) is 10.6 Å². The molecule has 0 spiro atoms. The van der Waals surface area contributed by atoms with Crippen molar-refractivity contribution in [3.8, 4) is 17.2 Å². The number of benzene rings is 2. The molecule has 2 N–H and O–H groups in total. The summed E-state index contributed by atoms with van der Waals surface area (Å²) in [6, 6.07) is 10.8. The summed E-state index contributed by atoms with van der Waals surface area (Å²) in [7, 11) is 0. The first-order valence-electron chi connectivity index (χ1n) is 7.91. The zero-order chi connectivity index (χ0) is 17.6. The van der Waals surface area contributed by atoms with Crippen molar-refractivity contribution in [2.75, 3.05) is 19.9 Å². The van der Waals surface area contributed by atoms with E-state index in [-0.39, 0.29) is 12.8 Å². The molecule has 132 valence electrons. The Morgan fingerprint density at radius 3 is 2.84 bits per heavy atom. The molecule has 3 rings (SSSR count). The molecule has 1 aliphatic rings. The Hall–Kier alpha value is -2.60. The molecule has 2 aromatic rings. The number of hydrogen-bond donors (Lipinski definition) is 2. The van der Waals surface area contributed by atoms with E-state index < -0.39 is 0 Å². The normalized spacial score (nSPS) is 11.9. The van der Waals surface area contributed by atoms with Crippen molar-refractivity contribution in [2.45, 2.75) is 13.5 Å². The molecule has 2 amide bonds. The van der Waals surface area contributed by atoms with Gasteiger partial charge in [-0.05, 0) is 48.4 Å². The quantitative estimate of drug-likeness (QED) is 0.774. The highest BCUT2D eigenvalue weighted by molar-refractivity contribution is 6.31. The minimum atomic E-state index is -0.256. The van der Waals surface area contributed by atoms with Gasteiger partial charge in [-0.15, -0.1) is 0 Å². The lowest BCUT2D eigenvalue weighted by Gasteiger charge is -2.10. The molecule has 0 saturated heterocycles. The molecule has 6 nitrogen and oxygen atoms in total. The van der Waals surface area contributed by atoms with Crippen molar-refractivity contribution in [1.29, 1.82) is 0 Å². The SMILES string of the molecule is Cc1cc(OCCNC(=O)NCc2ccc3c(c2)OCO3)ccc1Cl. The van der Waals surface area contributed by atoms with Gasteiger partial charge in [0, 0.05) is 11.6 Å². The van der Waals surface area contributed by atoms with E-state index >= 15 is 0 Å². The van der Waals surface area contributed by atoms with Gasteiger partial charge in [-0.25, -0.2) is 4.79 Å². The Labute approximate surface area is 151 Å². The molecule has 0 radical (unpaired) electrons. The average Bonchev–Trinajstić information content (AvgIpc) is 3.07. The zero-order valence-corrected chi connectivity index (χ0v) is 14.6. The summed E-state index contributed by atoms with van der Waals surface area (Å²) < 4.78 is 16.1. The minimum absolute atomic E-state index is 0.236. The van der Waals surface area contributed by atoms with E-state index in [4.69, 9.17) is 25.8 Å². The molecule has 1 heterocycles. The number of rotatable bonds is 6. The summed E-state index contributed by atoms with van der Waals surface area (Å²) in [5, 5.41) is 6.23. The van der Waals surface area contributed by atoms with Crippen molar-refractivity contribution < 1.29 is 19.0 Å². The number of halogens is 1. The first kappa shape index (κ1) is 17.2. The summed E-state index contributed by atoms with van der Waals surface area (Å²) in [5.41, 5.74) is 1.89. The van der Waals surface area contributed by atoms with Crippen molar-refractivity contribution in [1.82, 2.24) is 10.6 Å². The van der Waals surface area contributed by atoms with Gasteiger partial charge >= 0.3 is 6.03 Å². The third-order valence-corrected chi connectivity index (χ3v) is 4.10. The van der Waals surface area contributed by atoms with Gasteiger partial charge in [-0.1, -0.05) is 17.7 Å². The molecule has 0 unspecified atom stereocenters. The van der Waals surface area contributed by atoms with Crippen molar-refractivity contribution in [3.05, 3.63) is 52.5 Å². The fourth-order valence-electron chi connectivity index (χ4n) is 2.34. The maximum atomic E-state index is 11.8. The van der Waals surface area contributed by atoms with Gasteiger partial charge < -0.3 is 24.8 Å². The van der Waals surface area contributed by atoms with Crippen LogP contribution in [0.15, 0.2) is 36.4 Å². The van der Waals surface area contributed by atoms with Crippen LogP contribution in [0.25, 0.3) is 0 Å². The van der Waals surface area contributed by atoms with Crippen LogP contribution in [0.5, 0.6) is 17.2 Å². The Kier molecular flexibility index (Phi) is 5.50. The topological polar surface area (TPSA) is 68.8 Å². The van der Waals surface area contributed by atoms with Gasteiger partial charge in [-0.2, -0.15) is 0 Å². The second-order valence-electron chi connectivity index (χ2n) is 5.56. The van der Waals surface area contributed by atoms with Crippen LogP contribution in [0.1, 0.15) is 11.1 Å². The first-order chi connectivity index (χ1) is 12.1. The molecule has 0 aromatic heterocycles. The molecule has 2 aromatic carbocycles. The molecule has 0 aliphatic carbocycles. The molecule has 1 aliphatic heterocycles. The Morgan fingerprint density at radius 1 is 1.16 bits per heavy atom. The lowest BCUT2D eigenvalue weighted by Crippen LogP contribution is -2.37. The minimum Gasteiger partial charge on any atom is -0.492 e. The Bertz CT molecular complexity index is 767. The predicted octanol–water partition coefficient (Wildman–Crippen LogP) is 3.26. The van der Waals surface area contributed by atoms with Gasteiger partial charge in [0.05, 0.1) is 6.54 Å². The number of fused-ring (bicyclic) bond motifs is 1. The predicted molar refractivity (Wildman–Crippen MR) is 94.5 cm³/mol. The van der Waals surface area contributed by atoms with Gasteiger partial charge in [0.2, 0.25) is 6.79 Å². The summed E-state index contributed by atoms with van der Waals surface area (Å²) in [6.07, 6.45) is 0. The highest BCUT2D eigenvalue weighted by Gasteiger charge is 2.13. The number of hydrogen-bond acceptors (Lipinski definition) is 4. The van der Waals surface area contributed by atoms with Crippen LogP contribution in [-0.4, -0.2) is 26.0 Å². The number of urea groups is 1. The second kappa shape index (κ2) is 7.98. The summed E-state index contributed by atoms with van der Waals surface area (Å²) in [4.78, 5) is 11.8. The number of nitrogens with one attached hydrogen (secondary N) is 2. The van der Waals surface area contributed by atoms with E-state index in [1.54, 1.807) is 12.1 Å². The Balaban J connectivity index is 1.36. The monoisotopic (exact) mass is 362 g/mol. The van der Waals surface area contributed by atoms with Crippen molar-refractivity contribution >= 4 is 17.6 Å². The number of aryl methyl sites for hydroxylation is 1. The molecule has 7 heteroatoms. The lowest BCUT2D eigenvalue weighted by molar-refractivity contribution is 0.174. The van der Waals surface area contributed by atoms with Gasteiger partial charge in [0.15, 0.2) is 11.5 Å². The van der Waals surface area contributed by atoms with Crippen molar-refractivity contribution in [2.24, 2.45) is 0 Å². The second-order valence-corrected chi connectivity index (χ2v) is 5.96. The number of ether oxygens (including phenoxy) is 3. The highest BCUT2D eigenvalue weighted by Crippen LogP contribution is 2.32. The van der Waals surface area contributed by atoms with Crippen LogP contribution in [0, 0.1) is 6.92 Å². The largest absolute Gasteiger partial charge is 0.492 e. The van der Waals surface area contributed by atoms with E-state index in [9.17, 15) is 4.79 Å². The fraction of sp³-hybridized carbons (Fsp3) is 0.278. The van der Waals surface area contributed by atoms with Gasteiger partial charge in [0.1, 0.15) is 12.4 Å². The standard InChI is InChI=1S/C18H19ClN2O4/c1-12-8-14(3-4-15(12)19)23-7-6-20-18(22)21-10-13-2-5-16-17(9-13)25-11-24-16/h2-5,8-9H,6-7,10-11H2,1H3,(H2,20,21,22). The fourth-order valence-corrected chi connectivity index (χ4v) is 2.45. The molecule has 0 atom stereocenters. The number of amides is 2. The van der Waals surface area contributed by atoms with Gasteiger partial charge in [0.25, 0.3) is 0 Å². The summed E-state index contributed by atoms with van der Waals surface area (Å²) in [5.74, 6) is 2.15. The summed E-state index contributed by atoms with van der Waals surface area (Å²) in [6.45, 7) is 3.32. The highest BCUT2D eigenvalue weighted by atomic mass is 35.5. The smallest absolute Gasteiger partial charge is 0.315 e. The maximum Gasteiger partial charge on any atom is 0.315 e. The lowest BCUT2D eigenvalue weighted by atomic mass is 10.2. The molecular formula is C18H19ClN2O4. The van der Waals surface area contributed by atoms with E-state index in [1.807, 2.05) is 31.2 Å². The third-order valence-electron chi connectivity index (χ3n) is 3.68. The summed E-state index contributed by atoms with van der Waals surface area (Å²) >= 11 is 5.96. The average molecular weight is 363 g/mol. The Morgan fingerprint density at radius 2 is 2.00 bits per heavy atom. The third kappa shape index (κ3) is 4.70. The maximum absolute atomic E-state index is 11.8. The molecule has 25 heavy (non-hydrogen) atoms. The molecular weight excluding hydrogens is 344 g/mol. The molecule has 0 bridgehead atoms. The molecule has 0 fully saturated rings. The van der Waals surface area contributed by atoms with Crippen LogP contribution in [0.3, 0.4) is 0 Å². The van der Waals surface area contributed by atoms with Crippen molar-refractivity contribution in [3.63, 3.8) is 0 Å². The van der Waals surface area contributed by atoms with E-state index in [0.717, 1.165) is 22.6 Å². The number of carbonyl (C=O) groups is 1. The van der Waals surface area contributed by atoms with Crippen LogP contribution in [0.2, 0.25) is 5.02 Å².